The van der Waals surface area contributed by atoms with E-state index < -0.39 is 29.0 Å². The number of aryl methyl sites for hydroxylation is 1. The van der Waals surface area contributed by atoms with E-state index in [1.165, 1.54) is 7.05 Å². The summed E-state index contributed by atoms with van der Waals surface area (Å²) in [6, 6.07) is 9.97. The number of nitrogens with zero attached hydrogens (tertiary/aromatic N) is 1. The van der Waals surface area contributed by atoms with Crippen molar-refractivity contribution in [2.75, 3.05) is 18.9 Å². The SMILES string of the molecule is CCc1ccccc1NC(=O)CN(C)C(=O)c1cc(F)ccc1F. The quantitative estimate of drug-likeness (QED) is 0.914. The summed E-state index contributed by atoms with van der Waals surface area (Å²) in [7, 11) is 1.36. The van der Waals surface area contributed by atoms with Gasteiger partial charge in [-0.25, -0.2) is 8.78 Å². The Morgan fingerprint density at radius 1 is 1.12 bits per heavy atom. The van der Waals surface area contributed by atoms with Crippen LogP contribution >= 0.6 is 0 Å². The zero-order chi connectivity index (χ0) is 17.7. The fraction of sp³-hybridized carbons (Fsp3) is 0.222. The van der Waals surface area contributed by atoms with Gasteiger partial charge < -0.3 is 10.2 Å². The Hall–Kier alpha value is -2.76. The molecule has 0 aromatic heterocycles. The van der Waals surface area contributed by atoms with Crippen LogP contribution in [0.5, 0.6) is 0 Å². The molecule has 0 saturated carbocycles. The molecule has 0 aliphatic heterocycles. The fourth-order valence-electron chi connectivity index (χ4n) is 2.29. The molecular weight excluding hydrogens is 314 g/mol. The van der Waals surface area contributed by atoms with Crippen molar-refractivity contribution in [2.24, 2.45) is 0 Å². The molecule has 4 nitrogen and oxygen atoms in total. The number of hydrogen-bond acceptors (Lipinski definition) is 2. The summed E-state index contributed by atoms with van der Waals surface area (Å²) >= 11 is 0. The van der Waals surface area contributed by atoms with Crippen molar-refractivity contribution in [3.63, 3.8) is 0 Å². The van der Waals surface area contributed by atoms with E-state index >= 15 is 0 Å². The molecule has 0 fully saturated rings. The molecule has 126 valence electrons. The lowest BCUT2D eigenvalue weighted by molar-refractivity contribution is -0.116. The molecule has 6 heteroatoms. The molecular formula is C18H18F2N2O2. The molecule has 1 N–H and O–H groups in total. The van der Waals surface area contributed by atoms with Crippen LogP contribution in [0.25, 0.3) is 0 Å². The Morgan fingerprint density at radius 2 is 1.83 bits per heavy atom. The number of carbonyl (C=O) groups excluding carboxylic acids is 2. The van der Waals surface area contributed by atoms with Crippen LogP contribution in [0.15, 0.2) is 42.5 Å². The van der Waals surface area contributed by atoms with Gasteiger partial charge in [0.1, 0.15) is 11.6 Å². The molecule has 0 radical (unpaired) electrons. The maximum Gasteiger partial charge on any atom is 0.257 e. The van der Waals surface area contributed by atoms with E-state index in [1.54, 1.807) is 12.1 Å². The Balaban J connectivity index is 2.06. The van der Waals surface area contributed by atoms with E-state index in [1.807, 2.05) is 19.1 Å². The average Bonchev–Trinajstić information content (AvgIpc) is 2.56. The number of halogens is 2. The zero-order valence-electron chi connectivity index (χ0n) is 13.5. The van der Waals surface area contributed by atoms with Crippen LogP contribution in [0.3, 0.4) is 0 Å². The van der Waals surface area contributed by atoms with E-state index in [9.17, 15) is 18.4 Å². The van der Waals surface area contributed by atoms with Crippen LogP contribution in [-0.4, -0.2) is 30.3 Å². The summed E-state index contributed by atoms with van der Waals surface area (Å²) < 4.78 is 26.8. The lowest BCUT2D eigenvalue weighted by Gasteiger charge is -2.18. The number of para-hydroxylation sites is 1. The highest BCUT2D eigenvalue weighted by molar-refractivity contribution is 5.99. The first-order chi connectivity index (χ1) is 11.4. The molecule has 0 atom stereocenters. The van der Waals surface area contributed by atoms with Gasteiger partial charge in [-0.3, -0.25) is 9.59 Å². The van der Waals surface area contributed by atoms with Crippen LogP contribution < -0.4 is 5.32 Å². The Morgan fingerprint density at radius 3 is 2.54 bits per heavy atom. The van der Waals surface area contributed by atoms with Crippen LogP contribution in [0.1, 0.15) is 22.8 Å². The van der Waals surface area contributed by atoms with Gasteiger partial charge in [0.2, 0.25) is 5.91 Å². The molecule has 0 unspecified atom stereocenters. The van der Waals surface area contributed by atoms with Crippen molar-refractivity contribution in [1.82, 2.24) is 4.90 Å². The molecule has 2 amide bonds. The summed E-state index contributed by atoms with van der Waals surface area (Å²) in [4.78, 5) is 25.3. The summed E-state index contributed by atoms with van der Waals surface area (Å²) in [6.45, 7) is 1.69. The van der Waals surface area contributed by atoms with Crippen LogP contribution in [0, 0.1) is 11.6 Å². The minimum Gasteiger partial charge on any atom is -0.332 e. The fourth-order valence-corrected chi connectivity index (χ4v) is 2.29. The lowest BCUT2D eigenvalue weighted by atomic mass is 10.1. The minimum absolute atomic E-state index is 0.271. The van der Waals surface area contributed by atoms with Gasteiger partial charge in [0.05, 0.1) is 12.1 Å². The Kier molecular flexibility index (Phi) is 5.63. The third-order valence-corrected chi connectivity index (χ3v) is 3.56. The van der Waals surface area contributed by atoms with Gasteiger partial charge in [0, 0.05) is 12.7 Å². The first-order valence-corrected chi connectivity index (χ1v) is 7.50. The third kappa shape index (κ3) is 4.16. The van der Waals surface area contributed by atoms with Gasteiger partial charge in [-0.1, -0.05) is 25.1 Å². The normalized spacial score (nSPS) is 10.3. The van der Waals surface area contributed by atoms with Crippen molar-refractivity contribution in [2.45, 2.75) is 13.3 Å². The van der Waals surface area contributed by atoms with Gasteiger partial charge in [0.15, 0.2) is 0 Å². The van der Waals surface area contributed by atoms with Gasteiger partial charge in [0.25, 0.3) is 5.91 Å². The summed E-state index contributed by atoms with van der Waals surface area (Å²) in [5, 5.41) is 2.72. The lowest BCUT2D eigenvalue weighted by Crippen LogP contribution is -2.35. The van der Waals surface area contributed by atoms with Gasteiger partial charge in [-0.05, 0) is 36.2 Å². The summed E-state index contributed by atoms with van der Waals surface area (Å²) in [5.74, 6) is -2.71. The molecule has 0 spiro atoms. The number of benzene rings is 2. The van der Waals surface area contributed by atoms with Gasteiger partial charge in [-0.15, -0.1) is 0 Å². The number of carbonyl (C=O) groups is 2. The van der Waals surface area contributed by atoms with Crippen LogP contribution in [0.4, 0.5) is 14.5 Å². The van der Waals surface area contributed by atoms with Gasteiger partial charge in [-0.2, -0.15) is 0 Å². The van der Waals surface area contributed by atoms with Crippen LogP contribution in [-0.2, 0) is 11.2 Å². The highest BCUT2D eigenvalue weighted by Gasteiger charge is 2.19. The number of rotatable bonds is 5. The largest absolute Gasteiger partial charge is 0.332 e. The topological polar surface area (TPSA) is 49.4 Å². The first-order valence-electron chi connectivity index (χ1n) is 7.50. The molecule has 0 bridgehead atoms. The number of likely N-dealkylation sites (N-methyl/N-ethyl adjacent to an activating group) is 1. The molecule has 0 aliphatic carbocycles. The maximum atomic E-state index is 13.6. The van der Waals surface area contributed by atoms with Crippen molar-refractivity contribution in [1.29, 1.82) is 0 Å². The zero-order valence-corrected chi connectivity index (χ0v) is 13.5. The number of nitrogens with one attached hydrogen (secondary N) is 1. The van der Waals surface area contributed by atoms with Crippen molar-refractivity contribution >= 4 is 17.5 Å². The smallest absolute Gasteiger partial charge is 0.257 e. The second-order valence-corrected chi connectivity index (χ2v) is 5.34. The number of anilines is 1. The molecule has 2 aromatic rings. The Bertz CT molecular complexity index is 762. The second kappa shape index (κ2) is 7.68. The molecule has 0 saturated heterocycles. The second-order valence-electron chi connectivity index (χ2n) is 5.34. The minimum atomic E-state index is -0.829. The van der Waals surface area contributed by atoms with Crippen molar-refractivity contribution in [3.05, 3.63) is 65.2 Å². The monoisotopic (exact) mass is 332 g/mol. The molecule has 0 heterocycles. The molecule has 2 aromatic carbocycles. The van der Waals surface area contributed by atoms with E-state index in [0.29, 0.717) is 5.69 Å². The van der Waals surface area contributed by atoms with E-state index in [-0.39, 0.29) is 6.54 Å². The van der Waals surface area contributed by atoms with E-state index in [2.05, 4.69) is 5.32 Å². The molecule has 2 rings (SSSR count). The van der Waals surface area contributed by atoms with Gasteiger partial charge >= 0.3 is 0 Å². The molecule has 0 aliphatic rings. The highest BCUT2D eigenvalue weighted by atomic mass is 19.1. The molecule has 24 heavy (non-hydrogen) atoms. The first kappa shape index (κ1) is 17.6. The maximum absolute atomic E-state index is 13.6. The third-order valence-electron chi connectivity index (χ3n) is 3.56. The summed E-state index contributed by atoms with van der Waals surface area (Å²) in [6.07, 6.45) is 0.750. The van der Waals surface area contributed by atoms with Crippen LogP contribution in [0.2, 0.25) is 0 Å². The van der Waals surface area contributed by atoms with E-state index in [0.717, 1.165) is 35.1 Å². The van der Waals surface area contributed by atoms with Crippen molar-refractivity contribution in [3.8, 4) is 0 Å². The average molecular weight is 332 g/mol. The highest BCUT2D eigenvalue weighted by Crippen LogP contribution is 2.16. The predicted octanol–water partition coefficient (Wildman–Crippen LogP) is 3.24. The Labute approximate surface area is 139 Å². The predicted molar refractivity (Wildman–Crippen MR) is 87.8 cm³/mol. The van der Waals surface area contributed by atoms with Crippen molar-refractivity contribution < 1.29 is 18.4 Å². The standard InChI is InChI=1S/C18H18F2N2O2/c1-3-12-6-4-5-7-16(12)21-17(23)11-22(2)18(24)14-10-13(19)8-9-15(14)20/h4-10H,3,11H2,1-2H3,(H,21,23). The number of hydrogen-bond donors (Lipinski definition) is 1. The summed E-state index contributed by atoms with van der Waals surface area (Å²) in [5.41, 5.74) is 1.23. The van der Waals surface area contributed by atoms with E-state index in [4.69, 9.17) is 0 Å². The number of amides is 2.